The van der Waals surface area contributed by atoms with Gasteiger partial charge in [0.1, 0.15) is 0 Å². The van der Waals surface area contributed by atoms with E-state index in [1.165, 1.54) is 17.5 Å². The monoisotopic (exact) mass is 342 g/mol. The molecule has 0 radical (unpaired) electrons. The predicted molar refractivity (Wildman–Crippen MR) is 70.8 cm³/mol. The van der Waals surface area contributed by atoms with Gasteiger partial charge in [0.15, 0.2) is 0 Å². The van der Waals surface area contributed by atoms with Gasteiger partial charge in [-0.15, -0.1) is 0 Å². The van der Waals surface area contributed by atoms with Crippen molar-refractivity contribution in [1.82, 2.24) is 19.3 Å². The lowest BCUT2D eigenvalue weighted by atomic mass is 10.4. The van der Waals surface area contributed by atoms with Crippen LogP contribution in [0.2, 0.25) is 0 Å². The molecule has 2 aromatic rings. The molecule has 5 nitrogen and oxygen atoms in total. The molecule has 17 heavy (non-hydrogen) atoms. The average molecular weight is 342 g/mol. The normalized spacial score (nSPS) is 15.1. The van der Waals surface area contributed by atoms with Crippen LogP contribution in [0.4, 0.5) is 0 Å². The summed E-state index contributed by atoms with van der Waals surface area (Å²) >= 11 is 2.09. The van der Waals surface area contributed by atoms with Crippen molar-refractivity contribution in [3.63, 3.8) is 0 Å². The van der Waals surface area contributed by atoms with Gasteiger partial charge in [0.25, 0.3) is 5.56 Å². The summed E-state index contributed by atoms with van der Waals surface area (Å²) in [5.41, 5.74) is 0.976. The van der Waals surface area contributed by atoms with Crippen LogP contribution in [0.5, 0.6) is 0 Å². The van der Waals surface area contributed by atoms with Gasteiger partial charge in [-0.3, -0.25) is 4.79 Å². The molecule has 0 bridgehead atoms. The molecule has 1 aliphatic rings. The molecule has 6 heteroatoms. The molecule has 2 heterocycles. The van der Waals surface area contributed by atoms with E-state index in [4.69, 9.17) is 0 Å². The SMILES string of the molecule is O=c1cc(I)cnn1Cc1cncn1C1CC1. The highest BCUT2D eigenvalue weighted by Crippen LogP contribution is 2.35. The summed E-state index contributed by atoms with van der Waals surface area (Å²) in [4.78, 5) is 15.9. The Labute approximate surface area is 112 Å². The number of imidazole rings is 1. The second kappa shape index (κ2) is 4.25. The Balaban J connectivity index is 1.91. The predicted octanol–water partition coefficient (Wildman–Crippen LogP) is 1.43. The molecule has 0 atom stereocenters. The van der Waals surface area contributed by atoms with Gasteiger partial charge in [0.05, 0.1) is 31.0 Å². The van der Waals surface area contributed by atoms with E-state index in [9.17, 15) is 4.79 Å². The summed E-state index contributed by atoms with van der Waals surface area (Å²) in [5, 5.41) is 4.13. The standard InChI is InChI=1S/C11H11IN4O/c12-8-3-11(17)16(14-4-8)6-10-5-13-7-15(10)9-1-2-9/h3-5,7,9H,1-2,6H2. The molecule has 1 aliphatic carbocycles. The highest BCUT2D eigenvalue weighted by atomic mass is 127. The van der Waals surface area contributed by atoms with Crippen LogP contribution >= 0.6 is 22.6 Å². The van der Waals surface area contributed by atoms with Crippen LogP contribution in [-0.4, -0.2) is 19.3 Å². The van der Waals surface area contributed by atoms with Crippen LogP contribution in [0.25, 0.3) is 0 Å². The van der Waals surface area contributed by atoms with Crippen LogP contribution in [-0.2, 0) is 6.54 Å². The second-order valence-corrected chi connectivity index (χ2v) is 5.44. The molecule has 0 N–H and O–H groups in total. The van der Waals surface area contributed by atoms with E-state index in [0.717, 1.165) is 9.26 Å². The van der Waals surface area contributed by atoms with Crippen molar-refractivity contribution in [3.8, 4) is 0 Å². The van der Waals surface area contributed by atoms with E-state index in [2.05, 4.69) is 37.2 Å². The van der Waals surface area contributed by atoms with Crippen LogP contribution < -0.4 is 5.56 Å². The molecule has 2 aromatic heterocycles. The van der Waals surface area contributed by atoms with Crippen molar-refractivity contribution < 1.29 is 0 Å². The zero-order valence-corrected chi connectivity index (χ0v) is 11.2. The van der Waals surface area contributed by atoms with Crippen molar-refractivity contribution in [2.75, 3.05) is 0 Å². The van der Waals surface area contributed by atoms with Gasteiger partial charge >= 0.3 is 0 Å². The minimum absolute atomic E-state index is 0.0690. The summed E-state index contributed by atoms with van der Waals surface area (Å²) in [7, 11) is 0. The third kappa shape index (κ3) is 2.26. The Bertz CT molecular complexity index is 600. The number of nitrogens with zero attached hydrogens (tertiary/aromatic N) is 4. The number of hydrogen-bond donors (Lipinski definition) is 0. The zero-order valence-electron chi connectivity index (χ0n) is 9.08. The van der Waals surface area contributed by atoms with Gasteiger partial charge in [-0.05, 0) is 35.4 Å². The zero-order chi connectivity index (χ0) is 11.8. The first kappa shape index (κ1) is 10.9. The van der Waals surface area contributed by atoms with Gasteiger partial charge in [-0.25, -0.2) is 9.67 Å². The molecule has 1 fully saturated rings. The number of rotatable bonds is 3. The molecule has 1 saturated carbocycles. The third-order valence-electron chi connectivity index (χ3n) is 2.83. The van der Waals surface area contributed by atoms with E-state index in [1.54, 1.807) is 12.3 Å². The highest BCUT2D eigenvalue weighted by Gasteiger charge is 2.25. The van der Waals surface area contributed by atoms with E-state index in [-0.39, 0.29) is 5.56 Å². The maximum atomic E-state index is 11.7. The van der Waals surface area contributed by atoms with Crippen molar-refractivity contribution >= 4 is 22.6 Å². The fourth-order valence-corrected chi connectivity index (χ4v) is 2.21. The van der Waals surface area contributed by atoms with E-state index in [0.29, 0.717) is 12.6 Å². The van der Waals surface area contributed by atoms with E-state index in [1.807, 2.05) is 12.5 Å². The minimum Gasteiger partial charge on any atom is -0.330 e. The first-order valence-corrected chi connectivity index (χ1v) is 6.55. The molecule has 0 amide bonds. The lowest BCUT2D eigenvalue weighted by Gasteiger charge is -2.07. The van der Waals surface area contributed by atoms with E-state index < -0.39 is 0 Å². The van der Waals surface area contributed by atoms with Crippen LogP contribution in [0.3, 0.4) is 0 Å². The van der Waals surface area contributed by atoms with Crippen molar-refractivity contribution in [2.45, 2.75) is 25.4 Å². The average Bonchev–Trinajstić information content (AvgIpc) is 3.03. The molecule has 0 aliphatic heterocycles. The van der Waals surface area contributed by atoms with Gasteiger partial charge in [0, 0.05) is 15.7 Å². The van der Waals surface area contributed by atoms with Crippen molar-refractivity contribution in [3.05, 3.63) is 44.4 Å². The quantitative estimate of drug-likeness (QED) is 0.793. The van der Waals surface area contributed by atoms with Gasteiger partial charge < -0.3 is 4.57 Å². The maximum absolute atomic E-state index is 11.7. The number of hydrogen-bond acceptors (Lipinski definition) is 3. The highest BCUT2D eigenvalue weighted by molar-refractivity contribution is 14.1. The molecule has 0 aromatic carbocycles. The fourth-order valence-electron chi connectivity index (χ4n) is 1.82. The van der Waals surface area contributed by atoms with Crippen molar-refractivity contribution in [1.29, 1.82) is 0 Å². The topological polar surface area (TPSA) is 52.7 Å². The van der Waals surface area contributed by atoms with Crippen LogP contribution in [0.1, 0.15) is 24.6 Å². The molecule has 88 valence electrons. The smallest absolute Gasteiger partial charge is 0.268 e. The van der Waals surface area contributed by atoms with E-state index >= 15 is 0 Å². The van der Waals surface area contributed by atoms with Crippen LogP contribution in [0, 0.1) is 3.57 Å². The van der Waals surface area contributed by atoms with Gasteiger partial charge in [0.2, 0.25) is 0 Å². The lowest BCUT2D eigenvalue weighted by molar-refractivity contribution is 0.587. The second-order valence-electron chi connectivity index (χ2n) is 4.19. The number of aromatic nitrogens is 4. The fraction of sp³-hybridized carbons (Fsp3) is 0.364. The Hall–Kier alpha value is -1.18. The molecule has 0 saturated heterocycles. The van der Waals surface area contributed by atoms with Crippen molar-refractivity contribution in [2.24, 2.45) is 0 Å². The first-order chi connectivity index (χ1) is 8.24. The Morgan fingerprint density at radius 3 is 2.94 bits per heavy atom. The summed E-state index contributed by atoms with van der Waals surface area (Å²) in [6.07, 6.45) is 7.76. The van der Waals surface area contributed by atoms with Gasteiger partial charge in [-0.1, -0.05) is 0 Å². The minimum atomic E-state index is -0.0690. The maximum Gasteiger partial charge on any atom is 0.268 e. The molecule has 0 unspecified atom stereocenters. The molecular formula is C11H11IN4O. The Morgan fingerprint density at radius 2 is 2.24 bits per heavy atom. The third-order valence-corrected chi connectivity index (χ3v) is 3.42. The Morgan fingerprint density at radius 1 is 1.41 bits per heavy atom. The summed E-state index contributed by atoms with van der Waals surface area (Å²) < 4.78 is 4.48. The molecule has 3 rings (SSSR count). The summed E-state index contributed by atoms with van der Waals surface area (Å²) in [6.45, 7) is 0.492. The largest absolute Gasteiger partial charge is 0.330 e. The lowest BCUT2D eigenvalue weighted by Crippen LogP contribution is -2.23. The molecule has 0 spiro atoms. The van der Waals surface area contributed by atoms with Gasteiger partial charge in [-0.2, -0.15) is 5.10 Å². The summed E-state index contributed by atoms with van der Waals surface area (Å²) in [5.74, 6) is 0. The number of halogens is 1. The Kier molecular flexibility index (Phi) is 2.73. The summed E-state index contributed by atoms with van der Waals surface area (Å²) in [6, 6.07) is 2.16. The first-order valence-electron chi connectivity index (χ1n) is 5.47. The molecular weight excluding hydrogens is 331 g/mol. The van der Waals surface area contributed by atoms with Crippen LogP contribution in [0.15, 0.2) is 29.6 Å².